The SMILES string of the molecule is CC(C1CC1)N(C)c1ccc(CNC(C)(C)C)cc1Br. The van der Waals surface area contributed by atoms with Gasteiger partial charge < -0.3 is 10.2 Å². The molecule has 112 valence electrons. The predicted molar refractivity (Wildman–Crippen MR) is 91.3 cm³/mol. The van der Waals surface area contributed by atoms with Crippen LogP contribution in [-0.2, 0) is 6.54 Å². The van der Waals surface area contributed by atoms with Crippen molar-refractivity contribution in [2.24, 2.45) is 5.92 Å². The van der Waals surface area contributed by atoms with E-state index in [1.165, 1.54) is 28.6 Å². The lowest BCUT2D eigenvalue weighted by molar-refractivity contribution is 0.424. The molecule has 1 unspecified atom stereocenters. The summed E-state index contributed by atoms with van der Waals surface area (Å²) in [5, 5.41) is 3.53. The van der Waals surface area contributed by atoms with Crippen LogP contribution in [0.2, 0.25) is 0 Å². The van der Waals surface area contributed by atoms with E-state index in [4.69, 9.17) is 0 Å². The van der Waals surface area contributed by atoms with E-state index in [1.807, 2.05) is 0 Å². The van der Waals surface area contributed by atoms with Gasteiger partial charge in [-0.3, -0.25) is 0 Å². The predicted octanol–water partition coefficient (Wildman–Crippen LogP) is 4.57. The second-order valence-corrected chi connectivity index (χ2v) is 7.93. The van der Waals surface area contributed by atoms with Gasteiger partial charge >= 0.3 is 0 Å². The van der Waals surface area contributed by atoms with Crippen molar-refractivity contribution in [3.05, 3.63) is 28.2 Å². The fourth-order valence-electron chi connectivity index (χ4n) is 2.43. The Bertz CT molecular complexity index is 461. The molecule has 0 saturated heterocycles. The fraction of sp³-hybridized carbons (Fsp3) is 0.647. The van der Waals surface area contributed by atoms with Gasteiger partial charge in [0, 0.05) is 29.6 Å². The van der Waals surface area contributed by atoms with Crippen molar-refractivity contribution in [3.63, 3.8) is 0 Å². The van der Waals surface area contributed by atoms with Crippen LogP contribution >= 0.6 is 15.9 Å². The van der Waals surface area contributed by atoms with Crippen molar-refractivity contribution < 1.29 is 0 Å². The maximum absolute atomic E-state index is 3.74. The van der Waals surface area contributed by atoms with Crippen LogP contribution in [0.1, 0.15) is 46.1 Å². The lowest BCUT2D eigenvalue weighted by Crippen LogP contribution is -2.35. The molecule has 1 aliphatic carbocycles. The second kappa shape index (κ2) is 6.07. The summed E-state index contributed by atoms with van der Waals surface area (Å²) in [4.78, 5) is 2.41. The van der Waals surface area contributed by atoms with Crippen LogP contribution < -0.4 is 10.2 Å². The normalized spacial score (nSPS) is 17.1. The van der Waals surface area contributed by atoms with Gasteiger partial charge in [-0.25, -0.2) is 0 Å². The lowest BCUT2D eigenvalue weighted by Gasteiger charge is -2.28. The van der Waals surface area contributed by atoms with Gasteiger partial charge in [0.25, 0.3) is 0 Å². The average Bonchev–Trinajstić information content (AvgIpc) is 3.18. The Hall–Kier alpha value is -0.540. The van der Waals surface area contributed by atoms with Crippen LogP contribution in [0.15, 0.2) is 22.7 Å². The smallest absolute Gasteiger partial charge is 0.0510 e. The van der Waals surface area contributed by atoms with Crippen molar-refractivity contribution in [2.45, 2.75) is 58.7 Å². The van der Waals surface area contributed by atoms with Crippen molar-refractivity contribution in [3.8, 4) is 0 Å². The zero-order chi connectivity index (χ0) is 14.9. The third-order valence-electron chi connectivity index (χ3n) is 4.13. The van der Waals surface area contributed by atoms with Gasteiger partial charge in [0.2, 0.25) is 0 Å². The zero-order valence-corrected chi connectivity index (χ0v) is 14.9. The number of rotatable bonds is 5. The number of benzene rings is 1. The van der Waals surface area contributed by atoms with Gasteiger partial charge in [-0.05, 0) is 80.1 Å². The standard InChI is InChI=1S/C17H27BrN2/c1-12(14-7-8-14)20(5)16-9-6-13(10-15(16)18)11-19-17(2,3)4/h6,9-10,12,14,19H,7-8,11H2,1-5H3. The largest absolute Gasteiger partial charge is 0.371 e. The molecule has 2 nitrogen and oxygen atoms in total. The number of nitrogens with one attached hydrogen (secondary N) is 1. The van der Waals surface area contributed by atoms with E-state index in [2.05, 4.69) is 79.1 Å². The summed E-state index contributed by atoms with van der Waals surface area (Å²) >= 11 is 3.74. The summed E-state index contributed by atoms with van der Waals surface area (Å²) < 4.78 is 1.20. The lowest BCUT2D eigenvalue weighted by atomic mass is 10.1. The molecule has 0 radical (unpaired) electrons. The van der Waals surface area contributed by atoms with Crippen LogP contribution in [0.3, 0.4) is 0 Å². The Balaban J connectivity index is 2.05. The molecule has 20 heavy (non-hydrogen) atoms. The van der Waals surface area contributed by atoms with Gasteiger partial charge in [0.05, 0.1) is 5.69 Å². The molecule has 1 aromatic rings. The van der Waals surface area contributed by atoms with Crippen molar-refractivity contribution in [2.75, 3.05) is 11.9 Å². The highest BCUT2D eigenvalue weighted by Gasteiger charge is 2.31. The van der Waals surface area contributed by atoms with Gasteiger partial charge in [-0.15, -0.1) is 0 Å². The Morgan fingerprint density at radius 1 is 1.35 bits per heavy atom. The van der Waals surface area contributed by atoms with Crippen LogP contribution in [0.25, 0.3) is 0 Å². The molecule has 1 saturated carbocycles. The number of anilines is 1. The van der Waals surface area contributed by atoms with E-state index in [0.29, 0.717) is 6.04 Å². The summed E-state index contributed by atoms with van der Waals surface area (Å²) in [6.45, 7) is 9.83. The summed E-state index contributed by atoms with van der Waals surface area (Å²) in [6, 6.07) is 7.34. The molecule has 1 atom stereocenters. The van der Waals surface area contributed by atoms with E-state index in [1.54, 1.807) is 0 Å². The molecule has 1 N–H and O–H groups in total. The Labute approximate surface area is 132 Å². The first-order valence-electron chi connectivity index (χ1n) is 7.54. The fourth-order valence-corrected chi connectivity index (χ4v) is 3.13. The van der Waals surface area contributed by atoms with E-state index in [9.17, 15) is 0 Å². The Morgan fingerprint density at radius 2 is 2.00 bits per heavy atom. The highest BCUT2D eigenvalue weighted by atomic mass is 79.9. The summed E-state index contributed by atoms with van der Waals surface area (Å²) in [5.41, 5.74) is 2.77. The van der Waals surface area contributed by atoms with E-state index in [-0.39, 0.29) is 5.54 Å². The van der Waals surface area contributed by atoms with Crippen LogP contribution in [0.4, 0.5) is 5.69 Å². The maximum atomic E-state index is 3.74. The molecular weight excluding hydrogens is 312 g/mol. The quantitative estimate of drug-likeness (QED) is 0.845. The first kappa shape index (κ1) is 15.8. The van der Waals surface area contributed by atoms with Gasteiger partial charge in [-0.1, -0.05) is 6.07 Å². The number of hydrogen-bond donors (Lipinski definition) is 1. The maximum Gasteiger partial charge on any atom is 0.0510 e. The summed E-state index contributed by atoms with van der Waals surface area (Å²) in [7, 11) is 2.20. The minimum absolute atomic E-state index is 0.155. The van der Waals surface area contributed by atoms with E-state index < -0.39 is 0 Å². The van der Waals surface area contributed by atoms with Gasteiger partial charge in [-0.2, -0.15) is 0 Å². The molecule has 0 aromatic heterocycles. The van der Waals surface area contributed by atoms with Gasteiger partial charge in [0.1, 0.15) is 0 Å². The van der Waals surface area contributed by atoms with Crippen LogP contribution in [0.5, 0.6) is 0 Å². The first-order chi connectivity index (χ1) is 9.28. The topological polar surface area (TPSA) is 15.3 Å². The molecule has 1 aromatic carbocycles. The Morgan fingerprint density at radius 3 is 2.50 bits per heavy atom. The number of halogens is 1. The second-order valence-electron chi connectivity index (χ2n) is 7.08. The first-order valence-corrected chi connectivity index (χ1v) is 8.33. The minimum atomic E-state index is 0.155. The third-order valence-corrected chi connectivity index (χ3v) is 4.77. The van der Waals surface area contributed by atoms with E-state index >= 15 is 0 Å². The Kier molecular flexibility index (Phi) is 4.80. The monoisotopic (exact) mass is 338 g/mol. The summed E-state index contributed by atoms with van der Waals surface area (Å²) in [6.07, 6.45) is 2.77. The molecule has 0 bridgehead atoms. The molecule has 2 rings (SSSR count). The van der Waals surface area contributed by atoms with Crippen molar-refractivity contribution in [1.82, 2.24) is 5.32 Å². The van der Waals surface area contributed by atoms with E-state index in [0.717, 1.165) is 12.5 Å². The zero-order valence-electron chi connectivity index (χ0n) is 13.3. The highest BCUT2D eigenvalue weighted by molar-refractivity contribution is 9.10. The molecule has 0 spiro atoms. The molecule has 0 amide bonds. The highest BCUT2D eigenvalue weighted by Crippen LogP contribution is 2.38. The number of nitrogens with zero attached hydrogens (tertiary/aromatic N) is 1. The third kappa shape index (κ3) is 4.23. The van der Waals surface area contributed by atoms with Crippen LogP contribution in [-0.4, -0.2) is 18.6 Å². The van der Waals surface area contributed by atoms with Gasteiger partial charge in [0.15, 0.2) is 0 Å². The minimum Gasteiger partial charge on any atom is -0.371 e. The molecule has 3 heteroatoms. The summed E-state index contributed by atoms with van der Waals surface area (Å²) in [5.74, 6) is 0.883. The molecule has 0 aliphatic heterocycles. The molecule has 1 aliphatic rings. The molecule has 0 heterocycles. The number of hydrogen-bond acceptors (Lipinski definition) is 2. The average molecular weight is 339 g/mol. The molecular formula is C17H27BrN2. The molecule has 1 fully saturated rings. The van der Waals surface area contributed by atoms with Crippen molar-refractivity contribution in [1.29, 1.82) is 0 Å². The van der Waals surface area contributed by atoms with Crippen LogP contribution in [0, 0.1) is 5.92 Å². The van der Waals surface area contributed by atoms with Crippen molar-refractivity contribution >= 4 is 21.6 Å².